The molecule has 7 aliphatic heterocycles. The van der Waals surface area contributed by atoms with Crippen LogP contribution in [0.2, 0.25) is 0 Å². The third-order valence-corrected chi connectivity index (χ3v) is 23.6. The molecule has 0 radical (unpaired) electrons. The van der Waals surface area contributed by atoms with Gasteiger partial charge in [-0.25, -0.2) is 0 Å². The molecule has 7 heterocycles. The Bertz CT molecular complexity index is 3340. The van der Waals surface area contributed by atoms with Crippen molar-refractivity contribution in [2.24, 2.45) is 35.5 Å². The Morgan fingerprint density at radius 2 is 0.356 bits per heavy atom. The summed E-state index contributed by atoms with van der Waals surface area (Å²) in [6.07, 6.45) is 22.9. The number of ether oxygens (including phenoxy) is 6. The summed E-state index contributed by atoms with van der Waals surface area (Å²) >= 11 is 0. The molecule has 6 heteroatoms. The highest BCUT2D eigenvalue weighted by Gasteiger charge is 2.61. The van der Waals surface area contributed by atoms with Gasteiger partial charge in [-0.2, -0.15) is 0 Å². The maximum atomic E-state index is 6.11. The third-order valence-electron chi connectivity index (χ3n) is 23.6. The summed E-state index contributed by atoms with van der Waals surface area (Å²) in [5.74, 6) is 45.9. The van der Waals surface area contributed by atoms with Gasteiger partial charge in [-0.05, 0) is 361 Å². The van der Waals surface area contributed by atoms with Gasteiger partial charge in [0, 0.05) is 0 Å². The first-order valence-electron chi connectivity index (χ1n) is 33.5. The monoisotopic (exact) mass is 1180 g/mol. The SMILES string of the molecule is C1#CCOc2ccc(cc2)C23CC4CC(C2)CC(C4)(C3)c2ccc(cc2)OCC#CC#CCOc2ccc(cc2)C23CC4CC(C2)CC(C4)(C3)c2ccc(cc2)OCC#CC#CCOc2ccc(cc2)C23CC4CC(CC(C4)(C2)c2ccc(cc2)OCC#C1)C3. The Morgan fingerprint density at radius 1 is 0.211 bits per heavy atom. The molecular formula is C84H78O6. The topological polar surface area (TPSA) is 55.4 Å². The van der Waals surface area contributed by atoms with Gasteiger partial charge in [-0.1, -0.05) is 72.8 Å². The molecule has 25 rings (SSSR count). The van der Waals surface area contributed by atoms with Crippen molar-refractivity contribution in [3.63, 3.8) is 0 Å². The van der Waals surface area contributed by atoms with Crippen LogP contribution in [0.25, 0.3) is 0 Å². The number of rotatable bonds is 0. The molecule has 450 valence electrons. The predicted octanol–water partition coefficient (Wildman–Crippen LogP) is 15.8. The van der Waals surface area contributed by atoms with E-state index in [4.69, 9.17) is 28.4 Å². The highest BCUT2D eigenvalue weighted by Crippen LogP contribution is 2.69. The van der Waals surface area contributed by atoms with Crippen LogP contribution in [-0.2, 0) is 32.5 Å². The molecule has 24 bridgehead atoms. The zero-order chi connectivity index (χ0) is 60.1. The molecule has 12 aliphatic carbocycles. The van der Waals surface area contributed by atoms with Gasteiger partial charge in [0.1, 0.15) is 74.1 Å². The van der Waals surface area contributed by atoms with E-state index in [1.54, 1.807) is 0 Å². The lowest BCUT2D eigenvalue weighted by molar-refractivity contribution is -0.0283. The third kappa shape index (κ3) is 11.0. The van der Waals surface area contributed by atoms with E-state index < -0.39 is 0 Å². The normalized spacial score (nSPS) is 33.1. The van der Waals surface area contributed by atoms with E-state index in [9.17, 15) is 0 Å². The van der Waals surface area contributed by atoms with Crippen molar-refractivity contribution in [1.29, 1.82) is 0 Å². The van der Waals surface area contributed by atoms with Crippen molar-refractivity contribution in [2.45, 2.75) is 148 Å². The highest BCUT2D eigenvalue weighted by molar-refractivity contribution is 5.46. The van der Waals surface area contributed by atoms with Crippen LogP contribution in [0.15, 0.2) is 146 Å². The molecule has 0 amide bonds. The van der Waals surface area contributed by atoms with Gasteiger partial charge in [0.15, 0.2) is 0 Å². The van der Waals surface area contributed by atoms with E-state index in [-0.39, 0.29) is 72.1 Å². The van der Waals surface area contributed by atoms with E-state index in [0.29, 0.717) is 0 Å². The molecule has 12 fully saturated rings. The standard InChI is InChI=1S/C84H78O6/c1-2-8-38-86-74-27-15-68(16-28-74)80-48-63-44-64(49-80)53-82(52-63,59-80)70-19-31-76(32-20-70)88-40-10-5-6-12-42-90-78-35-23-72(24-36-78)84-56-65-45-66(57-84)55-83(54-65,60-84)71-21-33-77(34-22-71)89-41-11-4-3-9-39-87-75-29-17-69(18-30-75)81-50-61-43-62(51-81)47-79(46-61,58-81)67-13-25-73(26-14-67)85-37-7-1/h13-36,61-66H,37-60H2. The van der Waals surface area contributed by atoms with Crippen LogP contribution < -0.4 is 28.4 Å². The lowest BCUT2D eigenvalue weighted by atomic mass is 9.42. The molecule has 0 aromatic heterocycles. The molecule has 6 aromatic carbocycles. The summed E-state index contributed by atoms with van der Waals surface area (Å²) < 4.78 is 36.7. The second kappa shape index (κ2) is 23.4. The summed E-state index contributed by atoms with van der Waals surface area (Å²) in [5, 5.41) is 0. The van der Waals surface area contributed by atoms with Crippen LogP contribution in [0, 0.1) is 107 Å². The van der Waals surface area contributed by atoms with E-state index in [0.717, 1.165) is 70.0 Å². The quantitative estimate of drug-likeness (QED) is 0.141. The van der Waals surface area contributed by atoms with Gasteiger partial charge < -0.3 is 28.4 Å². The van der Waals surface area contributed by atoms with Crippen molar-refractivity contribution in [3.8, 4) is 106 Å². The van der Waals surface area contributed by atoms with E-state index in [1.807, 2.05) is 0 Å². The number of hydrogen-bond donors (Lipinski definition) is 0. The summed E-state index contributed by atoms with van der Waals surface area (Å²) in [6, 6.07) is 53.6. The average molecular weight is 1180 g/mol. The molecule has 6 spiro atoms. The van der Waals surface area contributed by atoms with Gasteiger partial charge in [0.05, 0.1) is 0 Å². The molecule has 90 heavy (non-hydrogen) atoms. The van der Waals surface area contributed by atoms with E-state index in [2.05, 4.69) is 217 Å². The van der Waals surface area contributed by atoms with Crippen molar-refractivity contribution in [1.82, 2.24) is 0 Å². The number of fused-ring (bicyclic) bond motifs is 6. The van der Waals surface area contributed by atoms with E-state index >= 15 is 0 Å². The van der Waals surface area contributed by atoms with Crippen LogP contribution in [-0.4, -0.2) is 39.6 Å². The van der Waals surface area contributed by atoms with Gasteiger partial charge in [0.25, 0.3) is 0 Å². The van der Waals surface area contributed by atoms with Crippen molar-refractivity contribution in [3.05, 3.63) is 179 Å². The molecule has 0 saturated heterocycles. The Hall–Kier alpha value is -8.52. The number of benzene rings is 6. The average Bonchev–Trinajstić information content (AvgIpc) is 0.730. The van der Waals surface area contributed by atoms with Crippen LogP contribution in [0.5, 0.6) is 34.5 Å². The van der Waals surface area contributed by atoms with E-state index in [1.165, 1.54) is 149 Å². The Morgan fingerprint density at radius 3 is 0.500 bits per heavy atom. The van der Waals surface area contributed by atoms with Crippen LogP contribution in [0.1, 0.15) is 149 Å². The Labute approximate surface area is 533 Å². The largest absolute Gasteiger partial charge is 0.481 e. The zero-order valence-electron chi connectivity index (χ0n) is 51.7. The summed E-state index contributed by atoms with van der Waals surface area (Å²) in [5.41, 5.74) is 9.82. The van der Waals surface area contributed by atoms with Crippen LogP contribution in [0.3, 0.4) is 0 Å². The van der Waals surface area contributed by atoms with Crippen molar-refractivity contribution >= 4 is 0 Å². The summed E-state index contributed by atoms with van der Waals surface area (Å²) in [6.45, 7) is 1.70. The Kier molecular flexibility index (Phi) is 14.7. The van der Waals surface area contributed by atoms with Crippen molar-refractivity contribution < 1.29 is 28.4 Å². The first-order valence-corrected chi connectivity index (χ1v) is 33.5. The van der Waals surface area contributed by atoms with Gasteiger partial charge in [-0.15, -0.1) is 0 Å². The highest BCUT2D eigenvalue weighted by atomic mass is 16.5. The minimum absolute atomic E-state index is 0.187. The molecule has 0 unspecified atom stereocenters. The fraction of sp³-hybridized carbons (Fsp3) is 0.429. The molecule has 6 nitrogen and oxygen atoms in total. The molecule has 6 aromatic rings. The minimum atomic E-state index is 0.187. The first-order chi connectivity index (χ1) is 44.2. The molecule has 12 saturated carbocycles. The lowest BCUT2D eigenvalue weighted by Gasteiger charge is -2.63. The zero-order valence-corrected chi connectivity index (χ0v) is 51.7. The first kappa shape index (κ1) is 56.7. The van der Waals surface area contributed by atoms with Gasteiger partial charge >= 0.3 is 0 Å². The van der Waals surface area contributed by atoms with Crippen molar-refractivity contribution in [2.75, 3.05) is 39.6 Å². The second-order valence-electron chi connectivity index (χ2n) is 29.3. The molecule has 0 atom stereocenters. The molecular weight excluding hydrogens is 1100 g/mol. The fourth-order valence-corrected chi connectivity index (χ4v) is 21.4. The predicted molar refractivity (Wildman–Crippen MR) is 352 cm³/mol. The molecule has 19 aliphatic rings. The summed E-state index contributed by atoms with van der Waals surface area (Å²) in [7, 11) is 0. The summed E-state index contributed by atoms with van der Waals surface area (Å²) in [4.78, 5) is 0. The minimum Gasteiger partial charge on any atom is -0.481 e. The van der Waals surface area contributed by atoms with Crippen LogP contribution in [0.4, 0.5) is 0 Å². The smallest absolute Gasteiger partial charge is 0.150 e. The molecule has 0 N–H and O–H groups in total. The maximum Gasteiger partial charge on any atom is 0.150 e. The maximum absolute atomic E-state index is 6.11. The number of hydrogen-bond acceptors (Lipinski definition) is 6. The van der Waals surface area contributed by atoms with Crippen LogP contribution >= 0.6 is 0 Å². The van der Waals surface area contributed by atoms with Gasteiger partial charge in [-0.3, -0.25) is 0 Å². The van der Waals surface area contributed by atoms with Gasteiger partial charge in [0.2, 0.25) is 0 Å². The fourth-order valence-electron chi connectivity index (χ4n) is 21.4. The second-order valence-corrected chi connectivity index (χ2v) is 29.3. The lowest BCUT2D eigenvalue weighted by Crippen LogP contribution is -2.55. The Balaban J connectivity index is 0.592.